The molecule has 0 aliphatic rings. The maximum atomic E-state index is 13.0. The van der Waals surface area contributed by atoms with Crippen molar-refractivity contribution in [3.63, 3.8) is 0 Å². The van der Waals surface area contributed by atoms with E-state index >= 15 is 0 Å². The first kappa shape index (κ1) is 14.9. The summed E-state index contributed by atoms with van der Waals surface area (Å²) < 4.78 is 48.9. The van der Waals surface area contributed by atoms with Gasteiger partial charge in [0.2, 0.25) is 5.69 Å². The molecule has 0 fully saturated rings. The lowest BCUT2D eigenvalue weighted by Gasteiger charge is -2.06. The summed E-state index contributed by atoms with van der Waals surface area (Å²) in [6.45, 7) is 1.37. The molecule has 0 saturated heterocycles. The Labute approximate surface area is 117 Å². The summed E-state index contributed by atoms with van der Waals surface area (Å²) in [5.74, 6) is -0.668. The molecule has 21 heavy (non-hydrogen) atoms. The van der Waals surface area contributed by atoms with Gasteiger partial charge in [0.1, 0.15) is 0 Å². The zero-order valence-electron chi connectivity index (χ0n) is 11.1. The van der Waals surface area contributed by atoms with E-state index in [0.29, 0.717) is 5.69 Å². The molecule has 0 bridgehead atoms. The average Bonchev–Trinajstić information content (AvgIpc) is 2.77. The fourth-order valence-electron chi connectivity index (χ4n) is 1.74. The summed E-state index contributed by atoms with van der Waals surface area (Å²) in [7, 11) is 1.01. The Morgan fingerprint density at radius 2 is 1.86 bits per heavy atom. The normalized spacial score (nSPS) is 11.3. The molecule has 0 unspecified atom stereocenters. The highest BCUT2D eigenvalue weighted by Crippen LogP contribution is 2.38. The summed E-state index contributed by atoms with van der Waals surface area (Å²) in [5.41, 5.74) is -0.826. The van der Waals surface area contributed by atoms with Crippen LogP contribution in [0, 0.1) is 6.92 Å². The molecule has 1 aromatic heterocycles. The minimum Gasteiger partial charge on any atom is -0.437 e. The quantitative estimate of drug-likeness (QED) is 0.798. The third-order valence-corrected chi connectivity index (χ3v) is 2.68. The highest BCUT2D eigenvalue weighted by atomic mass is 19.4. The molecule has 0 amide bonds. The standard InChI is InChI=1S/C13H11F3N2O3/c1-8-10(21-12(19)20-2)11(13(14,15)16)17-18(8)9-6-4-3-5-7-9/h3-7H,1-2H3. The first-order valence-electron chi connectivity index (χ1n) is 5.82. The lowest BCUT2D eigenvalue weighted by atomic mass is 10.3. The van der Waals surface area contributed by atoms with E-state index in [1.165, 1.54) is 6.92 Å². The van der Waals surface area contributed by atoms with Crippen molar-refractivity contribution in [3.05, 3.63) is 41.7 Å². The molecule has 0 saturated carbocycles. The van der Waals surface area contributed by atoms with Crippen LogP contribution in [0.4, 0.5) is 18.0 Å². The summed E-state index contributed by atoms with van der Waals surface area (Å²) in [5, 5.41) is 3.50. The summed E-state index contributed by atoms with van der Waals surface area (Å²) in [6, 6.07) is 8.21. The van der Waals surface area contributed by atoms with Crippen LogP contribution in [-0.2, 0) is 10.9 Å². The van der Waals surface area contributed by atoms with Crippen LogP contribution in [0.1, 0.15) is 11.4 Å². The van der Waals surface area contributed by atoms with Crippen molar-refractivity contribution >= 4 is 6.16 Å². The number of carbonyl (C=O) groups excluding carboxylic acids is 1. The van der Waals surface area contributed by atoms with Crippen LogP contribution >= 0.6 is 0 Å². The Kier molecular flexibility index (Phi) is 3.88. The molecule has 0 radical (unpaired) electrons. The second kappa shape index (κ2) is 5.47. The number of hydrogen-bond donors (Lipinski definition) is 0. The molecule has 0 aliphatic heterocycles. The molecule has 5 nitrogen and oxygen atoms in total. The number of alkyl halides is 3. The Morgan fingerprint density at radius 3 is 2.38 bits per heavy atom. The molecule has 1 aromatic carbocycles. The number of halogens is 3. The van der Waals surface area contributed by atoms with E-state index in [4.69, 9.17) is 0 Å². The van der Waals surface area contributed by atoms with Crippen molar-refractivity contribution in [2.45, 2.75) is 13.1 Å². The second-order valence-corrected chi connectivity index (χ2v) is 4.06. The monoisotopic (exact) mass is 300 g/mol. The van der Waals surface area contributed by atoms with Crippen LogP contribution < -0.4 is 4.74 Å². The van der Waals surface area contributed by atoms with Gasteiger partial charge in [-0.2, -0.15) is 18.3 Å². The largest absolute Gasteiger partial charge is 0.513 e. The molecule has 0 spiro atoms. The van der Waals surface area contributed by atoms with Gasteiger partial charge in [0.05, 0.1) is 18.5 Å². The van der Waals surface area contributed by atoms with E-state index in [1.807, 2.05) is 0 Å². The highest BCUT2D eigenvalue weighted by Gasteiger charge is 2.41. The molecular weight excluding hydrogens is 289 g/mol. The van der Waals surface area contributed by atoms with Gasteiger partial charge in [0, 0.05) is 0 Å². The summed E-state index contributed by atoms with van der Waals surface area (Å²) in [6.07, 6.45) is -6.00. The van der Waals surface area contributed by atoms with Gasteiger partial charge in [0.25, 0.3) is 0 Å². The van der Waals surface area contributed by atoms with Crippen LogP contribution in [0.3, 0.4) is 0 Å². The molecule has 0 atom stereocenters. The van der Waals surface area contributed by atoms with Gasteiger partial charge < -0.3 is 9.47 Å². The number of rotatable bonds is 2. The van der Waals surface area contributed by atoms with Crippen LogP contribution in [-0.4, -0.2) is 23.0 Å². The smallest absolute Gasteiger partial charge is 0.437 e. The second-order valence-electron chi connectivity index (χ2n) is 4.06. The zero-order valence-corrected chi connectivity index (χ0v) is 11.1. The van der Waals surface area contributed by atoms with E-state index < -0.39 is 23.8 Å². The van der Waals surface area contributed by atoms with Gasteiger partial charge >= 0.3 is 12.3 Å². The molecule has 2 aromatic rings. The fraction of sp³-hybridized carbons (Fsp3) is 0.231. The number of benzene rings is 1. The zero-order chi connectivity index (χ0) is 15.6. The van der Waals surface area contributed by atoms with Crippen molar-refractivity contribution in [1.82, 2.24) is 9.78 Å². The number of nitrogens with zero attached hydrogens (tertiary/aromatic N) is 2. The summed E-state index contributed by atoms with van der Waals surface area (Å²) in [4.78, 5) is 11.1. The van der Waals surface area contributed by atoms with Crippen molar-refractivity contribution in [2.24, 2.45) is 0 Å². The number of ether oxygens (including phenoxy) is 2. The predicted molar refractivity (Wildman–Crippen MR) is 66.3 cm³/mol. The van der Waals surface area contributed by atoms with Crippen LogP contribution in [0.15, 0.2) is 30.3 Å². The molecule has 2 rings (SSSR count). The number of carbonyl (C=O) groups is 1. The topological polar surface area (TPSA) is 53.4 Å². The SMILES string of the molecule is COC(=O)Oc1c(C(F)(F)F)nn(-c2ccccc2)c1C. The first-order valence-corrected chi connectivity index (χ1v) is 5.82. The maximum absolute atomic E-state index is 13.0. The maximum Gasteiger partial charge on any atom is 0.513 e. The lowest BCUT2D eigenvalue weighted by molar-refractivity contribution is -0.142. The van der Waals surface area contributed by atoms with Crippen molar-refractivity contribution < 1.29 is 27.4 Å². The van der Waals surface area contributed by atoms with Crippen LogP contribution in [0.5, 0.6) is 5.75 Å². The number of aromatic nitrogens is 2. The first-order chi connectivity index (χ1) is 9.84. The summed E-state index contributed by atoms with van der Waals surface area (Å²) >= 11 is 0. The third kappa shape index (κ3) is 2.99. The van der Waals surface area contributed by atoms with Crippen molar-refractivity contribution in [2.75, 3.05) is 7.11 Å². The molecular formula is C13H11F3N2O3. The number of hydrogen-bond acceptors (Lipinski definition) is 4. The molecule has 0 aliphatic carbocycles. The minimum absolute atomic E-state index is 0.0407. The third-order valence-electron chi connectivity index (χ3n) is 2.68. The van der Waals surface area contributed by atoms with Gasteiger partial charge in [0.15, 0.2) is 5.75 Å². The van der Waals surface area contributed by atoms with E-state index in [-0.39, 0.29) is 5.69 Å². The Bertz CT molecular complexity index is 651. The lowest BCUT2D eigenvalue weighted by Crippen LogP contribution is -2.13. The Balaban J connectivity index is 2.57. The predicted octanol–water partition coefficient (Wildman–Crippen LogP) is 3.34. The molecule has 8 heteroatoms. The molecule has 0 N–H and O–H groups in total. The van der Waals surface area contributed by atoms with Gasteiger partial charge in [-0.15, -0.1) is 0 Å². The van der Waals surface area contributed by atoms with Gasteiger partial charge in [-0.05, 0) is 19.1 Å². The Morgan fingerprint density at radius 1 is 1.24 bits per heavy atom. The van der Waals surface area contributed by atoms with E-state index in [1.54, 1.807) is 30.3 Å². The van der Waals surface area contributed by atoms with Gasteiger partial charge in [-0.1, -0.05) is 18.2 Å². The van der Waals surface area contributed by atoms with E-state index in [0.717, 1.165) is 11.8 Å². The fourth-order valence-corrected chi connectivity index (χ4v) is 1.74. The highest BCUT2D eigenvalue weighted by molar-refractivity contribution is 5.65. The van der Waals surface area contributed by atoms with E-state index in [2.05, 4.69) is 14.6 Å². The van der Waals surface area contributed by atoms with Crippen molar-refractivity contribution in [3.8, 4) is 11.4 Å². The van der Waals surface area contributed by atoms with Gasteiger partial charge in [-0.3, -0.25) is 0 Å². The molecule has 1 heterocycles. The Hall–Kier alpha value is -2.51. The van der Waals surface area contributed by atoms with Crippen molar-refractivity contribution in [1.29, 1.82) is 0 Å². The minimum atomic E-state index is -4.76. The van der Waals surface area contributed by atoms with E-state index in [9.17, 15) is 18.0 Å². The average molecular weight is 300 g/mol. The van der Waals surface area contributed by atoms with Crippen LogP contribution in [0.2, 0.25) is 0 Å². The molecule has 112 valence electrons. The number of methoxy groups -OCH3 is 1. The van der Waals surface area contributed by atoms with Crippen LogP contribution in [0.25, 0.3) is 5.69 Å². The van der Waals surface area contributed by atoms with Gasteiger partial charge in [-0.25, -0.2) is 9.48 Å². The number of para-hydroxylation sites is 1.